The fourth-order valence-electron chi connectivity index (χ4n) is 1.14. The minimum atomic E-state index is -0.889. The van der Waals surface area contributed by atoms with Gasteiger partial charge in [0.05, 0.1) is 18.8 Å². The molecule has 0 saturated carbocycles. The van der Waals surface area contributed by atoms with Crippen LogP contribution in [0.4, 0.5) is 17.8 Å². The average Bonchev–Trinajstić information content (AvgIpc) is 2.25. The third-order valence-corrected chi connectivity index (χ3v) is 2.33. The largest absolute Gasteiger partial charge is 0.394 e. The topological polar surface area (TPSA) is 143 Å². The normalized spacial score (nSPS) is 11.4. The molecule has 90 valence electrons. The smallest absolute Gasteiger partial charge is 0.229 e. The molecule has 1 heterocycles. The Hall–Kier alpha value is -1.67. The molecule has 8 heteroatoms. The lowest BCUT2D eigenvalue weighted by molar-refractivity contribution is 0.132. The zero-order valence-corrected chi connectivity index (χ0v) is 9.01. The number of aromatic nitrogens is 3. The van der Waals surface area contributed by atoms with Gasteiger partial charge >= 0.3 is 0 Å². The first-order valence-corrected chi connectivity index (χ1v) is 4.82. The quantitative estimate of drug-likeness (QED) is 0.413. The van der Waals surface area contributed by atoms with Crippen molar-refractivity contribution in [2.24, 2.45) is 0 Å². The molecule has 0 atom stereocenters. The second-order valence-corrected chi connectivity index (χ2v) is 3.45. The van der Waals surface area contributed by atoms with Gasteiger partial charge < -0.3 is 27.0 Å². The molecule has 0 unspecified atom stereocenters. The number of hydrogen-bond donors (Lipinski definition) is 5. The van der Waals surface area contributed by atoms with Gasteiger partial charge in [-0.05, 0) is 6.42 Å². The minimum Gasteiger partial charge on any atom is -0.394 e. The summed E-state index contributed by atoms with van der Waals surface area (Å²) in [6.45, 7) is 1.30. The fourth-order valence-corrected chi connectivity index (χ4v) is 1.14. The molecular formula is C8H16N6O2. The molecule has 0 aliphatic rings. The summed E-state index contributed by atoms with van der Waals surface area (Å²) < 4.78 is 0. The van der Waals surface area contributed by atoms with Gasteiger partial charge in [-0.15, -0.1) is 0 Å². The lowest BCUT2D eigenvalue weighted by atomic mass is 9.99. The van der Waals surface area contributed by atoms with E-state index in [4.69, 9.17) is 11.5 Å². The van der Waals surface area contributed by atoms with Gasteiger partial charge in [0.2, 0.25) is 17.8 Å². The summed E-state index contributed by atoms with van der Waals surface area (Å²) in [5.74, 6) is 0.0988. The van der Waals surface area contributed by atoms with E-state index in [9.17, 15) is 10.2 Å². The third kappa shape index (κ3) is 2.67. The summed E-state index contributed by atoms with van der Waals surface area (Å²) in [4.78, 5) is 11.2. The van der Waals surface area contributed by atoms with Crippen molar-refractivity contribution in [1.29, 1.82) is 0 Å². The molecule has 0 aliphatic heterocycles. The number of nitrogens with two attached hydrogens (primary N) is 2. The van der Waals surface area contributed by atoms with E-state index in [0.717, 1.165) is 0 Å². The maximum absolute atomic E-state index is 9.22. The Morgan fingerprint density at radius 2 is 1.62 bits per heavy atom. The molecule has 0 amide bonds. The van der Waals surface area contributed by atoms with Crippen LogP contribution in [-0.2, 0) is 0 Å². The zero-order chi connectivity index (χ0) is 12.2. The van der Waals surface area contributed by atoms with E-state index in [2.05, 4.69) is 20.3 Å². The Bertz CT molecular complexity index is 326. The number of aliphatic hydroxyl groups is 2. The van der Waals surface area contributed by atoms with Gasteiger partial charge in [-0.25, -0.2) is 0 Å². The maximum Gasteiger partial charge on any atom is 0.229 e. The van der Waals surface area contributed by atoms with Crippen LogP contribution in [0.25, 0.3) is 0 Å². The average molecular weight is 228 g/mol. The number of nitrogens with one attached hydrogen (secondary N) is 1. The molecule has 0 bridgehead atoms. The van der Waals surface area contributed by atoms with Crippen molar-refractivity contribution in [2.75, 3.05) is 30.0 Å². The van der Waals surface area contributed by atoms with Crippen molar-refractivity contribution in [1.82, 2.24) is 15.0 Å². The molecule has 0 spiro atoms. The van der Waals surface area contributed by atoms with Crippen LogP contribution < -0.4 is 16.8 Å². The Morgan fingerprint density at radius 3 is 2.00 bits per heavy atom. The highest BCUT2D eigenvalue weighted by molar-refractivity contribution is 5.39. The summed E-state index contributed by atoms with van der Waals surface area (Å²) in [5, 5.41) is 21.2. The number of nitrogen functional groups attached to an aromatic ring is 2. The second-order valence-electron chi connectivity index (χ2n) is 3.45. The molecule has 0 aromatic carbocycles. The molecule has 8 nitrogen and oxygen atoms in total. The van der Waals surface area contributed by atoms with Gasteiger partial charge in [0.1, 0.15) is 0 Å². The summed E-state index contributed by atoms with van der Waals surface area (Å²) >= 11 is 0. The van der Waals surface area contributed by atoms with Crippen LogP contribution in [0.3, 0.4) is 0 Å². The monoisotopic (exact) mass is 228 g/mol. The van der Waals surface area contributed by atoms with E-state index in [1.165, 1.54) is 0 Å². The van der Waals surface area contributed by atoms with Crippen molar-refractivity contribution in [3.63, 3.8) is 0 Å². The van der Waals surface area contributed by atoms with Gasteiger partial charge in [0, 0.05) is 0 Å². The van der Waals surface area contributed by atoms with Crippen LogP contribution in [0.15, 0.2) is 0 Å². The van der Waals surface area contributed by atoms with Crippen molar-refractivity contribution in [3.05, 3.63) is 0 Å². The second kappa shape index (κ2) is 4.90. The molecule has 1 aromatic rings. The van der Waals surface area contributed by atoms with Crippen LogP contribution >= 0.6 is 0 Å². The number of anilines is 3. The number of aliphatic hydroxyl groups excluding tert-OH is 2. The molecule has 1 aromatic heterocycles. The SMILES string of the molecule is CCC(CO)(CO)Nc1nc(N)nc(N)n1. The molecule has 0 fully saturated rings. The summed E-state index contributed by atoms with van der Waals surface area (Å²) in [7, 11) is 0. The Morgan fingerprint density at radius 1 is 1.12 bits per heavy atom. The lowest BCUT2D eigenvalue weighted by Gasteiger charge is -2.29. The number of hydrogen-bond acceptors (Lipinski definition) is 8. The highest BCUT2D eigenvalue weighted by Crippen LogP contribution is 2.15. The first kappa shape index (κ1) is 12.4. The van der Waals surface area contributed by atoms with Gasteiger partial charge in [0.25, 0.3) is 0 Å². The molecular weight excluding hydrogens is 212 g/mol. The fraction of sp³-hybridized carbons (Fsp3) is 0.625. The van der Waals surface area contributed by atoms with Crippen molar-refractivity contribution in [3.8, 4) is 0 Å². The highest BCUT2D eigenvalue weighted by Gasteiger charge is 2.27. The van der Waals surface area contributed by atoms with E-state index >= 15 is 0 Å². The minimum absolute atomic E-state index is 0.0177. The number of nitrogens with zero attached hydrogens (tertiary/aromatic N) is 3. The zero-order valence-electron chi connectivity index (χ0n) is 9.01. The first-order valence-electron chi connectivity index (χ1n) is 4.82. The number of rotatable bonds is 5. The standard InChI is InChI=1S/C8H16N6O2/c1-2-8(3-15,4-16)14-7-12-5(9)11-6(10)13-7/h15-16H,2-4H2,1H3,(H5,9,10,11,12,13,14). The molecule has 1 rings (SSSR count). The van der Waals surface area contributed by atoms with Crippen LogP contribution in [0.1, 0.15) is 13.3 Å². The Balaban J connectivity index is 2.93. The van der Waals surface area contributed by atoms with Gasteiger partial charge in [0.15, 0.2) is 0 Å². The predicted octanol–water partition coefficient (Wildman–Crippen LogP) is -1.42. The Kier molecular flexibility index (Phi) is 3.80. The molecule has 0 saturated heterocycles. The van der Waals surface area contributed by atoms with Crippen LogP contribution in [0.2, 0.25) is 0 Å². The van der Waals surface area contributed by atoms with E-state index in [-0.39, 0.29) is 31.1 Å². The van der Waals surface area contributed by atoms with Crippen molar-refractivity contribution >= 4 is 17.8 Å². The van der Waals surface area contributed by atoms with Crippen LogP contribution in [0, 0.1) is 0 Å². The molecule has 16 heavy (non-hydrogen) atoms. The van der Waals surface area contributed by atoms with E-state index in [1.807, 2.05) is 6.92 Å². The van der Waals surface area contributed by atoms with E-state index in [0.29, 0.717) is 6.42 Å². The summed E-state index contributed by atoms with van der Waals surface area (Å²) in [6, 6.07) is 0. The van der Waals surface area contributed by atoms with E-state index < -0.39 is 5.54 Å². The predicted molar refractivity (Wildman–Crippen MR) is 59.5 cm³/mol. The van der Waals surface area contributed by atoms with Crippen LogP contribution in [-0.4, -0.2) is 43.9 Å². The van der Waals surface area contributed by atoms with Crippen molar-refractivity contribution < 1.29 is 10.2 Å². The Labute approximate surface area is 92.7 Å². The van der Waals surface area contributed by atoms with Gasteiger partial charge in [-0.3, -0.25) is 0 Å². The van der Waals surface area contributed by atoms with Crippen LogP contribution in [0.5, 0.6) is 0 Å². The van der Waals surface area contributed by atoms with Gasteiger partial charge in [-0.2, -0.15) is 15.0 Å². The maximum atomic E-state index is 9.22. The molecule has 0 aliphatic carbocycles. The summed E-state index contributed by atoms with van der Waals surface area (Å²) in [6.07, 6.45) is 0.492. The third-order valence-electron chi connectivity index (χ3n) is 2.33. The van der Waals surface area contributed by atoms with E-state index in [1.54, 1.807) is 0 Å². The summed E-state index contributed by atoms with van der Waals surface area (Å²) in [5.41, 5.74) is 9.90. The van der Waals surface area contributed by atoms with Crippen molar-refractivity contribution in [2.45, 2.75) is 18.9 Å². The highest BCUT2D eigenvalue weighted by atomic mass is 16.3. The lowest BCUT2D eigenvalue weighted by Crippen LogP contribution is -2.45. The first-order chi connectivity index (χ1) is 7.55. The van der Waals surface area contributed by atoms with Gasteiger partial charge in [-0.1, -0.05) is 6.92 Å². The molecule has 7 N–H and O–H groups in total. The molecule has 0 radical (unpaired) electrons.